The highest BCUT2D eigenvalue weighted by Gasteiger charge is 2.12. The highest BCUT2D eigenvalue weighted by Crippen LogP contribution is 2.09. The van der Waals surface area contributed by atoms with E-state index in [-0.39, 0.29) is 0 Å². The van der Waals surface area contributed by atoms with Crippen molar-refractivity contribution in [3.8, 4) is 0 Å². The summed E-state index contributed by atoms with van der Waals surface area (Å²) >= 11 is 2.19. The number of hydrogen-bond donors (Lipinski definition) is 1. The molecule has 4 nitrogen and oxygen atoms in total. The molecule has 0 atom stereocenters. The van der Waals surface area contributed by atoms with Crippen LogP contribution in [0, 0.1) is 3.77 Å². The van der Waals surface area contributed by atoms with Gasteiger partial charge in [0.2, 0.25) is 0 Å². The fourth-order valence-electron chi connectivity index (χ4n) is 1.97. The average Bonchev–Trinajstić information content (AvgIpc) is 2.73. The second kappa shape index (κ2) is 6.72. The summed E-state index contributed by atoms with van der Waals surface area (Å²) in [7, 11) is 2.19. The zero-order valence-corrected chi connectivity index (χ0v) is 12.4. The van der Waals surface area contributed by atoms with Gasteiger partial charge in [-0.05, 0) is 41.8 Å². The molecule has 0 saturated carbocycles. The Hall–Kier alpha value is -0.110. The molecule has 1 N–H and O–H groups in total. The maximum atomic E-state index is 5.49. The second-order valence-corrected chi connectivity index (χ2v) is 5.59. The van der Waals surface area contributed by atoms with Crippen molar-refractivity contribution >= 4 is 22.6 Å². The van der Waals surface area contributed by atoms with Crippen LogP contribution in [0.15, 0.2) is 16.5 Å². The first-order valence-corrected chi connectivity index (χ1v) is 7.18. The first-order valence-electron chi connectivity index (χ1n) is 6.10. The van der Waals surface area contributed by atoms with Gasteiger partial charge < -0.3 is 14.6 Å². The maximum Gasteiger partial charge on any atom is 0.164 e. The largest absolute Gasteiger partial charge is 0.454 e. The van der Waals surface area contributed by atoms with Gasteiger partial charge in [-0.1, -0.05) is 0 Å². The van der Waals surface area contributed by atoms with E-state index < -0.39 is 0 Å². The van der Waals surface area contributed by atoms with E-state index in [1.54, 1.807) is 0 Å². The normalized spacial score (nSPS) is 18.7. The molecule has 1 aliphatic heterocycles. The van der Waals surface area contributed by atoms with Gasteiger partial charge in [0, 0.05) is 39.3 Å². The van der Waals surface area contributed by atoms with Crippen LogP contribution in [0.3, 0.4) is 0 Å². The van der Waals surface area contributed by atoms with Crippen molar-refractivity contribution in [3.63, 3.8) is 0 Å². The van der Waals surface area contributed by atoms with Gasteiger partial charge in [-0.15, -0.1) is 0 Å². The summed E-state index contributed by atoms with van der Waals surface area (Å²) in [6.07, 6.45) is 0. The van der Waals surface area contributed by atoms with E-state index in [1.165, 1.54) is 26.2 Å². The minimum Gasteiger partial charge on any atom is -0.454 e. The third kappa shape index (κ3) is 4.57. The van der Waals surface area contributed by atoms with Crippen molar-refractivity contribution in [1.29, 1.82) is 0 Å². The maximum absolute atomic E-state index is 5.49. The molecule has 2 rings (SSSR count). The van der Waals surface area contributed by atoms with E-state index in [4.69, 9.17) is 4.42 Å². The van der Waals surface area contributed by atoms with Gasteiger partial charge in [0.25, 0.3) is 0 Å². The average molecular weight is 349 g/mol. The Morgan fingerprint density at radius 3 is 2.71 bits per heavy atom. The third-order valence-electron chi connectivity index (χ3n) is 3.13. The van der Waals surface area contributed by atoms with Crippen LogP contribution in [0.5, 0.6) is 0 Å². The summed E-state index contributed by atoms with van der Waals surface area (Å²) < 4.78 is 6.45. The smallest absolute Gasteiger partial charge is 0.164 e. The number of likely N-dealkylation sites (N-methyl/N-ethyl adjacent to an activating group) is 1. The van der Waals surface area contributed by atoms with E-state index >= 15 is 0 Å². The van der Waals surface area contributed by atoms with Crippen molar-refractivity contribution in [2.24, 2.45) is 0 Å². The van der Waals surface area contributed by atoms with Crippen LogP contribution in [-0.2, 0) is 6.54 Å². The van der Waals surface area contributed by atoms with Crippen molar-refractivity contribution in [2.45, 2.75) is 6.54 Å². The molecule has 0 unspecified atom stereocenters. The molecule has 0 spiro atoms. The van der Waals surface area contributed by atoms with Gasteiger partial charge in [0.1, 0.15) is 5.76 Å². The Kier molecular flexibility index (Phi) is 5.27. The van der Waals surface area contributed by atoms with E-state index in [0.717, 1.165) is 29.2 Å². The molecule has 0 radical (unpaired) electrons. The second-order valence-electron chi connectivity index (χ2n) is 4.53. The molecule has 1 fully saturated rings. The minimum atomic E-state index is 0.830. The summed E-state index contributed by atoms with van der Waals surface area (Å²) in [4.78, 5) is 4.90. The molecule has 96 valence electrons. The molecule has 5 heteroatoms. The molecule has 0 bridgehead atoms. The van der Waals surface area contributed by atoms with Crippen LogP contribution < -0.4 is 5.32 Å². The summed E-state index contributed by atoms with van der Waals surface area (Å²) in [5.41, 5.74) is 0. The lowest BCUT2D eigenvalue weighted by Crippen LogP contribution is -2.46. The van der Waals surface area contributed by atoms with Crippen LogP contribution >= 0.6 is 22.6 Å². The molecule has 2 heterocycles. The molecular weight excluding hydrogens is 329 g/mol. The fourth-order valence-corrected chi connectivity index (χ4v) is 2.43. The van der Waals surface area contributed by atoms with Crippen LogP contribution in [0.1, 0.15) is 5.76 Å². The molecule has 17 heavy (non-hydrogen) atoms. The van der Waals surface area contributed by atoms with E-state index in [0.29, 0.717) is 0 Å². The molecule has 1 saturated heterocycles. The zero-order chi connectivity index (χ0) is 12.1. The lowest BCUT2D eigenvalue weighted by Gasteiger charge is -2.32. The first-order chi connectivity index (χ1) is 8.24. The Morgan fingerprint density at radius 2 is 2.06 bits per heavy atom. The molecule has 0 aromatic carbocycles. The molecule has 1 aromatic rings. The molecule has 1 aliphatic rings. The van der Waals surface area contributed by atoms with Gasteiger partial charge in [-0.25, -0.2) is 0 Å². The molecule has 0 amide bonds. The summed E-state index contributed by atoms with van der Waals surface area (Å²) in [5, 5.41) is 3.42. The standard InChI is InChI=1S/C12H20IN3O/c1-15-6-8-16(9-7-15)5-4-14-10-11-2-3-12(13)17-11/h2-3,14H,4-10H2,1H3. The first kappa shape index (κ1) is 13.3. The number of furan rings is 1. The summed E-state index contributed by atoms with van der Waals surface area (Å²) in [6, 6.07) is 4.03. The van der Waals surface area contributed by atoms with Crippen LogP contribution in [0.2, 0.25) is 0 Å². The zero-order valence-electron chi connectivity index (χ0n) is 10.3. The van der Waals surface area contributed by atoms with Crippen molar-refractivity contribution in [1.82, 2.24) is 15.1 Å². The van der Waals surface area contributed by atoms with Gasteiger partial charge in [0.15, 0.2) is 3.77 Å². The SMILES string of the molecule is CN1CCN(CCNCc2ccc(I)o2)CC1. The van der Waals surface area contributed by atoms with E-state index in [1.807, 2.05) is 12.1 Å². The van der Waals surface area contributed by atoms with Crippen LogP contribution in [0.4, 0.5) is 0 Å². The van der Waals surface area contributed by atoms with Crippen LogP contribution in [0.25, 0.3) is 0 Å². The van der Waals surface area contributed by atoms with E-state index in [2.05, 4.69) is 44.8 Å². The fraction of sp³-hybridized carbons (Fsp3) is 0.667. The van der Waals surface area contributed by atoms with Crippen molar-refractivity contribution in [2.75, 3.05) is 46.3 Å². The third-order valence-corrected chi connectivity index (χ3v) is 3.71. The lowest BCUT2D eigenvalue weighted by atomic mass is 10.3. The summed E-state index contributed by atoms with van der Waals surface area (Å²) in [6.45, 7) is 7.75. The van der Waals surface area contributed by atoms with Gasteiger partial charge in [0.05, 0.1) is 6.54 Å². The topological polar surface area (TPSA) is 31.6 Å². The van der Waals surface area contributed by atoms with Gasteiger partial charge >= 0.3 is 0 Å². The minimum absolute atomic E-state index is 0.830. The number of piperazine rings is 1. The predicted octanol–water partition coefficient (Wildman–Crippen LogP) is 1.22. The van der Waals surface area contributed by atoms with Crippen molar-refractivity contribution in [3.05, 3.63) is 21.7 Å². The number of hydrogen-bond acceptors (Lipinski definition) is 4. The lowest BCUT2D eigenvalue weighted by molar-refractivity contribution is 0.154. The van der Waals surface area contributed by atoms with Crippen molar-refractivity contribution < 1.29 is 4.42 Å². The quantitative estimate of drug-likeness (QED) is 0.640. The monoisotopic (exact) mass is 349 g/mol. The number of nitrogens with zero attached hydrogens (tertiary/aromatic N) is 2. The number of halogens is 1. The van der Waals surface area contributed by atoms with Gasteiger partial charge in [-0.3, -0.25) is 4.90 Å². The highest BCUT2D eigenvalue weighted by molar-refractivity contribution is 14.1. The number of rotatable bonds is 5. The Balaban J connectivity index is 1.57. The van der Waals surface area contributed by atoms with Gasteiger partial charge in [-0.2, -0.15) is 0 Å². The van der Waals surface area contributed by atoms with Crippen LogP contribution in [-0.4, -0.2) is 56.1 Å². The highest BCUT2D eigenvalue weighted by atomic mass is 127. The molecular formula is C12H20IN3O. The molecule has 1 aromatic heterocycles. The van der Waals surface area contributed by atoms with E-state index in [9.17, 15) is 0 Å². The Morgan fingerprint density at radius 1 is 1.29 bits per heavy atom. The summed E-state index contributed by atoms with van der Waals surface area (Å²) in [5.74, 6) is 1.02. The number of nitrogens with one attached hydrogen (secondary N) is 1. The Bertz CT molecular complexity index is 334. The predicted molar refractivity (Wildman–Crippen MR) is 77.1 cm³/mol. The molecule has 0 aliphatic carbocycles. The Labute approximate surface area is 116 Å².